The Kier molecular flexibility index (Phi) is 5.23. The summed E-state index contributed by atoms with van der Waals surface area (Å²) in [6, 6.07) is 14.4. The second kappa shape index (κ2) is 7.80. The van der Waals surface area contributed by atoms with E-state index in [1.165, 1.54) is 22.4 Å². The minimum Gasteiger partial charge on any atom is -0.423 e. The summed E-state index contributed by atoms with van der Waals surface area (Å²) in [5.74, 6) is 0. The molecule has 0 radical (unpaired) electrons. The molecular formula is C24H28N2O2. The molecule has 4 rings (SSSR count). The van der Waals surface area contributed by atoms with Crippen LogP contribution in [-0.4, -0.2) is 31.1 Å². The molecule has 0 amide bonds. The summed E-state index contributed by atoms with van der Waals surface area (Å²) in [6.45, 7) is 11.3. The molecule has 0 bridgehead atoms. The molecule has 0 N–H and O–H groups in total. The first kappa shape index (κ1) is 18.8. The van der Waals surface area contributed by atoms with Gasteiger partial charge in [0.15, 0.2) is 0 Å². The van der Waals surface area contributed by atoms with Crippen molar-refractivity contribution in [1.29, 1.82) is 0 Å². The second-order valence-corrected chi connectivity index (χ2v) is 7.76. The van der Waals surface area contributed by atoms with Crippen LogP contribution in [0.1, 0.15) is 29.2 Å². The molecule has 1 fully saturated rings. The molecule has 1 aliphatic rings. The van der Waals surface area contributed by atoms with Crippen LogP contribution in [0, 0.1) is 13.8 Å². The number of fused-ring (bicyclic) bond motifs is 1. The maximum absolute atomic E-state index is 12.1. The molecular weight excluding hydrogens is 348 g/mol. The Hall–Kier alpha value is -2.59. The lowest BCUT2D eigenvalue weighted by Crippen LogP contribution is -2.46. The Labute approximate surface area is 166 Å². The zero-order valence-electron chi connectivity index (χ0n) is 17.0. The fourth-order valence-electron chi connectivity index (χ4n) is 4.09. The summed E-state index contributed by atoms with van der Waals surface area (Å²) in [5.41, 5.74) is 6.76. The van der Waals surface area contributed by atoms with Gasteiger partial charge in [0.05, 0.1) is 0 Å². The molecule has 0 aliphatic carbocycles. The average molecular weight is 377 g/mol. The number of piperazine rings is 1. The van der Waals surface area contributed by atoms with Gasteiger partial charge in [-0.2, -0.15) is 0 Å². The summed E-state index contributed by atoms with van der Waals surface area (Å²) in [7, 11) is 0. The van der Waals surface area contributed by atoms with Gasteiger partial charge in [-0.15, -0.1) is 0 Å². The molecule has 2 aromatic carbocycles. The van der Waals surface area contributed by atoms with Crippen molar-refractivity contribution in [2.45, 2.75) is 33.7 Å². The van der Waals surface area contributed by atoms with E-state index in [-0.39, 0.29) is 5.63 Å². The molecule has 0 atom stereocenters. The van der Waals surface area contributed by atoms with Gasteiger partial charge in [-0.3, -0.25) is 4.90 Å². The van der Waals surface area contributed by atoms with Gasteiger partial charge in [-0.05, 0) is 54.7 Å². The number of hydrogen-bond acceptors (Lipinski definition) is 4. The highest BCUT2D eigenvalue weighted by Gasteiger charge is 2.20. The van der Waals surface area contributed by atoms with Gasteiger partial charge in [0.25, 0.3) is 0 Å². The molecule has 1 aromatic heterocycles. The predicted octanol–water partition coefficient (Wildman–Crippen LogP) is 4.29. The van der Waals surface area contributed by atoms with Crippen LogP contribution in [0.15, 0.2) is 51.7 Å². The third-order valence-corrected chi connectivity index (χ3v) is 5.99. The summed E-state index contributed by atoms with van der Waals surface area (Å²) < 4.78 is 5.45. The van der Waals surface area contributed by atoms with Crippen LogP contribution >= 0.6 is 0 Å². The molecule has 4 nitrogen and oxygen atoms in total. The van der Waals surface area contributed by atoms with Crippen LogP contribution in [0.25, 0.3) is 11.0 Å². The summed E-state index contributed by atoms with van der Waals surface area (Å²) in [4.78, 5) is 17.0. The van der Waals surface area contributed by atoms with E-state index in [4.69, 9.17) is 4.42 Å². The van der Waals surface area contributed by atoms with Gasteiger partial charge < -0.3 is 9.32 Å². The number of hydrogen-bond donors (Lipinski definition) is 0. The number of aryl methyl sites for hydroxylation is 2. The fraction of sp³-hybridized carbons (Fsp3) is 0.375. The van der Waals surface area contributed by atoms with Gasteiger partial charge in [0.2, 0.25) is 0 Å². The number of anilines is 1. The van der Waals surface area contributed by atoms with Crippen LogP contribution in [-0.2, 0) is 13.0 Å². The summed E-state index contributed by atoms with van der Waals surface area (Å²) in [6.07, 6.45) is 0.935. The van der Waals surface area contributed by atoms with E-state index in [1.54, 1.807) is 6.07 Å². The van der Waals surface area contributed by atoms with Gasteiger partial charge in [0, 0.05) is 49.9 Å². The Morgan fingerprint density at radius 1 is 1.00 bits per heavy atom. The van der Waals surface area contributed by atoms with E-state index in [2.05, 4.69) is 60.9 Å². The van der Waals surface area contributed by atoms with E-state index in [0.29, 0.717) is 5.58 Å². The van der Waals surface area contributed by atoms with E-state index in [1.807, 2.05) is 6.07 Å². The van der Waals surface area contributed by atoms with Crippen molar-refractivity contribution < 1.29 is 4.42 Å². The van der Waals surface area contributed by atoms with Crippen LogP contribution < -0.4 is 10.5 Å². The van der Waals surface area contributed by atoms with Gasteiger partial charge >= 0.3 is 5.63 Å². The molecule has 3 aromatic rings. The van der Waals surface area contributed by atoms with Crippen LogP contribution in [0.2, 0.25) is 0 Å². The molecule has 0 saturated carbocycles. The Balaban J connectivity index is 1.51. The lowest BCUT2D eigenvalue weighted by atomic mass is 10.0. The largest absolute Gasteiger partial charge is 0.423 e. The lowest BCUT2D eigenvalue weighted by molar-refractivity contribution is 0.250. The molecule has 1 aliphatic heterocycles. The van der Waals surface area contributed by atoms with E-state index in [9.17, 15) is 4.79 Å². The van der Waals surface area contributed by atoms with Crippen molar-refractivity contribution in [1.82, 2.24) is 4.90 Å². The predicted molar refractivity (Wildman–Crippen MR) is 115 cm³/mol. The maximum Gasteiger partial charge on any atom is 0.336 e. The number of benzene rings is 2. The maximum atomic E-state index is 12.1. The zero-order chi connectivity index (χ0) is 19.7. The average Bonchev–Trinajstić information content (AvgIpc) is 2.70. The minimum absolute atomic E-state index is 0.259. The fourth-order valence-corrected chi connectivity index (χ4v) is 4.09. The SMILES string of the molecule is CCc1ccc2c(CN3CCN(c4cccc(C)c4C)CC3)cc(=O)oc2c1. The van der Waals surface area contributed by atoms with Crippen LogP contribution in [0.5, 0.6) is 0 Å². The third kappa shape index (κ3) is 3.69. The van der Waals surface area contributed by atoms with Crippen molar-refractivity contribution in [2.75, 3.05) is 31.1 Å². The normalized spacial score (nSPS) is 15.3. The van der Waals surface area contributed by atoms with Gasteiger partial charge in [-0.1, -0.05) is 31.2 Å². The lowest BCUT2D eigenvalue weighted by Gasteiger charge is -2.37. The Morgan fingerprint density at radius 2 is 1.79 bits per heavy atom. The van der Waals surface area contributed by atoms with Crippen molar-refractivity contribution in [2.24, 2.45) is 0 Å². The van der Waals surface area contributed by atoms with Crippen molar-refractivity contribution in [3.8, 4) is 0 Å². The van der Waals surface area contributed by atoms with Gasteiger partial charge in [0.1, 0.15) is 5.58 Å². The highest BCUT2D eigenvalue weighted by atomic mass is 16.4. The third-order valence-electron chi connectivity index (χ3n) is 5.99. The van der Waals surface area contributed by atoms with Gasteiger partial charge in [-0.25, -0.2) is 4.79 Å². The van der Waals surface area contributed by atoms with E-state index in [0.717, 1.165) is 50.1 Å². The molecule has 28 heavy (non-hydrogen) atoms. The van der Waals surface area contributed by atoms with Crippen LogP contribution in [0.3, 0.4) is 0 Å². The molecule has 1 saturated heterocycles. The second-order valence-electron chi connectivity index (χ2n) is 7.76. The standard InChI is InChI=1S/C24H28N2O2/c1-4-19-8-9-21-20(15-24(27)28-23(21)14-19)16-25-10-12-26(13-11-25)22-7-5-6-17(2)18(22)3/h5-9,14-15H,4,10-13,16H2,1-3H3. The van der Waals surface area contributed by atoms with Crippen molar-refractivity contribution >= 4 is 16.7 Å². The minimum atomic E-state index is -0.259. The smallest absolute Gasteiger partial charge is 0.336 e. The molecule has 4 heteroatoms. The molecule has 2 heterocycles. The molecule has 146 valence electrons. The number of rotatable bonds is 4. The Morgan fingerprint density at radius 3 is 2.54 bits per heavy atom. The van der Waals surface area contributed by atoms with Crippen molar-refractivity contribution in [3.05, 3.63) is 75.1 Å². The van der Waals surface area contributed by atoms with Crippen molar-refractivity contribution in [3.63, 3.8) is 0 Å². The highest BCUT2D eigenvalue weighted by molar-refractivity contribution is 5.80. The van der Waals surface area contributed by atoms with Crippen LogP contribution in [0.4, 0.5) is 5.69 Å². The molecule has 0 unspecified atom stereocenters. The Bertz CT molecular complexity index is 1050. The number of nitrogens with zero attached hydrogens (tertiary/aromatic N) is 2. The topological polar surface area (TPSA) is 36.7 Å². The quantitative estimate of drug-likeness (QED) is 0.637. The van der Waals surface area contributed by atoms with E-state index < -0.39 is 0 Å². The van der Waals surface area contributed by atoms with E-state index >= 15 is 0 Å². The summed E-state index contributed by atoms with van der Waals surface area (Å²) in [5, 5.41) is 1.05. The zero-order valence-corrected chi connectivity index (χ0v) is 17.0. The first-order valence-electron chi connectivity index (χ1n) is 10.1. The summed E-state index contributed by atoms with van der Waals surface area (Å²) >= 11 is 0. The highest BCUT2D eigenvalue weighted by Crippen LogP contribution is 2.25. The first-order valence-corrected chi connectivity index (χ1v) is 10.1. The molecule has 0 spiro atoms. The monoisotopic (exact) mass is 376 g/mol. The first-order chi connectivity index (χ1) is 13.5.